The number of methoxy groups -OCH3 is 4. The number of benzene rings is 6. The molecule has 20 nitrogen and oxygen atoms in total. The summed E-state index contributed by atoms with van der Waals surface area (Å²) >= 11 is 0. The maximum absolute atomic E-state index is 17.4. The van der Waals surface area contributed by atoms with Crippen LogP contribution in [0.3, 0.4) is 0 Å². The number of esters is 3. The van der Waals surface area contributed by atoms with Crippen LogP contribution in [0, 0.1) is 11.8 Å². The van der Waals surface area contributed by atoms with Gasteiger partial charge in [-0.15, -0.1) is 0 Å². The molecule has 3 N–H and O–H groups in total. The highest BCUT2D eigenvalue weighted by atomic mass is 28.4. The van der Waals surface area contributed by atoms with Crippen molar-refractivity contribution in [2.75, 3.05) is 48.6 Å². The van der Waals surface area contributed by atoms with E-state index in [2.05, 4.69) is 64.7 Å². The lowest BCUT2D eigenvalue weighted by Gasteiger charge is -2.45. The number of hydrogen-bond acceptors (Lipinski definition) is 20. The third-order valence-corrected chi connectivity index (χ3v) is 25.3. The largest absolute Gasteiger partial charge is 0.497 e. The van der Waals surface area contributed by atoms with Crippen molar-refractivity contribution in [3.63, 3.8) is 0 Å². The first kappa shape index (κ1) is 88.0. The number of carbonyl (C=O) groups is 3. The van der Waals surface area contributed by atoms with Crippen molar-refractivity contribution in [3.05, 3.63) is 215 Å². The van der Waals surface area contributed by atoms with Crippen molar-refractivity contribution in [1.29, 1.82) is 0 Å². The minimum atomic E-state index is -3.00. The summed E-state index contributed by atoms with van der Waals surface area (Å²) in [6.45, 7) is 27.1. The fourth-order valence-electron chi connectivity index (χ4n) is 12.6. The predicted molar refractivity (Wildman–Crippen MR) is 419 cm³/mol. The topological polar surface area (TPSA) is 241 Å². The molecular weight excluding hydrogens is 1440 g/mol. The van der Waals surface area contributed by atoms with Gasteiger partial charge in [-0.2, -0.15) is 0 Å². The summed E-state index contributed by atoms with van der Waals surface area (Å²) in [6, 6.07) is 44.5. The zero-order valence-corrected chi connectivity index (χ0v) is 68.0. The van der Waals surface area contributed by atoms with E-state index in [0.717, 1.165) is 16.4 Å². The van der Waals surface area contributed by atoms with Gasteiger partial charge < -0.3 is 81.3 Å². The van der Waals surface area contributed by atoms with Crippen molar-refractivity contribution >= 4 is 56.8 Å². The maximum atomic E-state index is 17.4. The smallest absolute Gasteiger partial charge is 0.342 e. The first-order valence-corrected chi connectivity index (χ1v) is 42.2. The summed E-state index contributed by atoms with van der Waals surface area (Å²) in [4.78, 5) is 40.5. The van der Waals surface area contributed by atoms with Crippen LogP contribution in [0.4, 0.5) is 8.78 Å². The Kier molecular flexibility index (Phi) is 32.4. The van der Waals surface area contributed by atoms with E-state index < -0.39 is 124 Å². The predicted octanol–water partition coefficient (Wildman–Crippen LogP) is 15.5. The van der Waals surface area contributed by atoms with Crippen molar-refractivity contribution in [2.45, 2.75) is 186 Å². The van der Waals surface area contributed by atoms with Crippen LogP contribution in [0.25, 0.3) is 12.2 Å². The summed E-state index contributed by atoms with van der Waals surface area (Å²) in [7, 11) is 1.40. The Morgan fingerprint density at radius 1 is 0.560 bits per heavy atom. The minimum Gasteiger partial charge on any atom is -0.497 e. The molecule has 2 aliphatic heterocycles. The normalized spacial score (nSPS) is 19.1. The van der Waals surface area contributed by atoms with Crippen LogP contribution in [0.5, 0.6) is 23.0 Å². The zero-order chi connectivity index (χ0) is 80.0. The fourth-order valence-corrected chi connectivity index (χ4v) is 18.1. The molecule has 0 radical (unpaired) electrons. The van der Waals surface area contributed by atoms with Crippen LogP contribution in [-0.2, 0) is 47.1 Å². The van der Waals surface area contributed by atoms with E-state index in [0.29, 0.717) is 22.6 Å². The zero-order valence-electron chi connectivity index (χ0n) is 66.0. The molecule has 109 heavy (non-hydrogen) atoms. The van der Waals surface area contributed by atoms with E-state index in [9.17, 15) is 29.7 Å². The van der Waals surface area contributed by atoms with Crippen LogP contribution in [0.1, 0.15) is 143 Å². The molecule has 2 unspecified atom stereocenters. The monoisotopic (exact) mass is 1540 g/mol. The Labute approximate surface area is 643 Å². The van der Waals surface area contributed by atoms with Crippen LogP contribution in [0.2, 0.25) is 30.7 Å². The molecule has 0 aromatic heterocycles. The Balaban J connectivity index is 0.000000332. The molecule has 24 heteroatoms. The highest BCUT2D eigenvalue weighted by Gasteiger charge is 2.53. The molecule has 0 bridgehead atoms. The second-order valence-electron chi connectivity index (χ2n) is 30.1. The number of aliphatic hydroxyl groups excluding tert-OH is 2. The number of halogens is 2. The van der Waals surface area contributed by atoms with Gasteiger partial charge in [0.05, 0.1) is 55.8 Å². The molecular formula is C85H110F2O20Si2. The highest BCUT2D eigenvalue weighted by Crippen LogP contribution is 2.42. The Morgan fingerprint density at radius 3 is 1.39 bits per heavy atom. The van der Waals surface area contributed by atoms with E-state index >= 15 is 8.78 Å². The molecule has 2 saturated heterocycles. The molecule has 592 valence electrons. The number of hydrogen-bond donors (Lipinski definition) is 3. The van der Waals surface area contributed by atoms with Crippen molar-refractivity contribution in [2.24, 2.45) is 11.8 Å². The average molecular weight is 1550 g/mol. The number of carbonyl (C=O) groups excluding carboxylic acids is 3. The molecule has 2 fully saturated rings. The van der Waals surface area contributed by atoms with Gasteiger partial charge in [-0.05, 0) is 136 Å². The van der Waals surface area contributed by atoms with Gasteiger partial charge in [0.15, 0.2) is 43.7 Å². The molecule has 0 saturated carbocycles. The van der Waals surface area contributed by atoms with Crippen LogP contribution >= 0.6 is 0 Å². The lowest BCUT2D eigenvalue weighted by atomic mass is 9.98. The molecule has 2 aliphatic rings. The minimum absolute atomic E-state index is 0.0883. The summed E-state index contributed by atoms with van der Waals surface area (Å²) in [5, 5.41) is 32.1. The van der Waals surface area contributed by atoms with E-state index in [4.69, 9.17) is 66.0 Å². The van der Waals surface area contributed by atoms with Crippen molar-refractivity contribution in [3.8, 4) is 23.0 Å². The fraction of sp³-hybridized carbons (Fsp3) is 0.447. The Hall–Kier alpha value is -8.22. The van der Waals surface area contributed by atoms with Gasteiger partial charge in [0.25, 0.3) is 8.32 Å². The van der Waals surface area contributed by atoms with Crippen molar-refractivity contribution in [1.82, 2.24) is 0 Å². The first-order chi connectivity index (χ1) is 51.6. The Bertz CT molecular complexity index is 3970. The molecule has 0 aliphatic carbocycles. The van der Waals surface area contributed by atoms with Gasteiger partial charge in [0, 0.05) is 52.4 Å². The van der Waals surface area contributed by atoms with Gasteiger partial charge >= 0.3 is 17.9 Å². The van der Waals surface area contributed by atoms with Crippen LogP contribution in [-0.4, -0.2) is 159 Å². The third kappa shape index (κ3) is 24.6. The number of ether oxygens (including phenoxy) is 13. The van der Waals surface area contributed by atoms with Gasteiger partial charge in [-0.25, -0.2) is 23.2 Å². The summed E-state index contributed by atoms with van der Waals surface area (Å²) in [5.41, 5.74) is 1.64. The van der Waals surface area contributed by atoms with Gasteiger partial charge in [0.1, 0.15) is 52.4 Å². The van der Waals surface area contributed by atoms with E-state index in [1.54, 1.807) is 138 Å². The van der Waals surface area contributed by atoms with Gasteiger partial charge in [-0.1, -0.05) is 176 Å². The average Bonchev–Trinajstić information content (AvgIpc) is 1.56. The number of rotatable bonds is 35. The molecule has 6 aromatic carbocycles. The highest BCUT2D eigenvalue weighted by molar-refractivity contribution is 6.99. The Morgan fingerprint density at radius 2 is 0.972 bits per heavy atom. The summed E-state index contributed by atoms with van der Waals surface area (Å²) in [6.07, 6.45) is 0.0195. The lowest BCUT2D eigenvalue weighted by molar-refractivity contribution is -0.154. The molecule has 0 amide bonds. The van der Waals surface area contributed by atoms with E-state index in [1.807, 2.05) is 50.2 Å². The molecule has 8 rings (SSSR count). The van der Waals surface area contributed by atoms with Crippen molar-refractivity contribution < 1.29 is 104 Å². The van der Waals surface area contributed by atoms with E-state index in [1.165, 1.54) is 53.6 Å². The van der Waals surface area contributed by atoms with Crippen LogP contribution < -0.4 is 29.3 Å². The molecule has 6 aromatic rings. The second-order valence-corrected chi connectivity index (χ2v) is 40.0. The summed E-state index contributed by atoms with van der Waals surface area (Å²) in [5.74, 6) is -5.62. The second kappa shape index (κ2) is 40.1. The lowest BCUT2D eigenvalue weighted by Crippen LogP contribution is -2.67. The summed E-state index contributed by atoms with van der Waals surface area (Å²) < 4.78 is 116. The van der Waals surface area contributed by atoms with Gasteiger partial charge in [-0.3, -0.25) is 0 Å². The van der Waals surface area contributed by atoms with Crippen LogP contribution in [0.15, 0.2) is 182 Å². The third-order valence-electron chi connectivity index (χ3n) is 18.5. The standard InChI is InChI=1S/C53H69FO10Si2.C32H41FO10/c1-37(38(2)64-66(52(3,4)5,42-26-18-14-19-27-42)43-28-20-15-21-29-43)33-44(54)48(61-50(55)39-23-16-13-17-24-39)49-45(62-53(6,7)63-49)30-22-25-40-34-41(58-9)35-46(60-36-57-8)47(40)51(56)59-31-32-65(10,11)12;1-19(20(2)34)15-24(33)28(41-31(37)21-11-8-7-9-12-21)29-25(42-32(3,4)43-29)14-10-13-22-16-23(39-6)17-26(40-18-38-5)27(22)30(35)36/h13-29,33-35,37-38,45,48-49H,30-32,36H2,1-12H3;7-13,15-17,19-20,25,28-30,34-36H,14,18H2,1-6H3/b25-22+,44-33+;13-10+,24-15+/t37-,38-,45-,48?,49-;19-,20-,25-,28?,29-/m00/s1. The maximum Gasteiger partial charge on any atom is 0.342 e. The SMILES string of the molecule is COCOc1cc(OC)cc(/C=C/C[C@@H]2OC(C)(C)O[C@@H]2C(OC(=O)c2ccccc2)/C(F)=C\[C@H](C)[C@H](C)O)c1C(O)O.COCOc1cc(OC)cc(/C=C/C[C@@H]2OC(C)(C)O[C@@H]2C(OC(=O)c2ccccc2)/C(F)=C\[C@H](C)[C@H](C)O[Si](c2ccccc2)(c2ccccc2)C(C)(C)C)c1C(=O)OCC[Si](C)(C)C. The first-order valence-electron chi connectivity index (χ1n) is 36.5. The van der Waals surface area contributed by atoms with Gasteiger partial charge in [0.2, 0.25) is 0 Å². The number of aliphatic hydroxyl groups is 3. The quantitative estimate of drug-likeness (QED) is 0.0145. The molecule has 2 heterocycles. The molecule has 10 atom stereocenters. The molecule has 0 spiro atoms. The van der Waals surface area contributed by atoms with E-state index in [-0.39, 0.29) is 71.8 Å².